The van der Waals surface area contributed by atoms with Crippen LogP contribution in [0.4, 0.5) is 0 Å². The first-order chi connectivity index (χ1) is 9.30. The van der Waals surface area contributed by atoms with Gasteiger partial charge in [0.2, 0.25) is 10.0 Å². The third-order valence-electron chi connectivity index (χ3n) is 3.48. The van der Waals surface area contributed by atoms with E-state index in [-0.39, 0.29) is 17.5 Å². The van der Waals surface area contributed by atoms with E-state index in [4.69, 9.17) is 0 Å². The second-order valence-electron chi connectivity index (χ2n) is 4.77. The first kappa shape index (κ1) is 14.9. The number of sulfonamides is 1. The average Bonchev–Trinajstić information content (AvgIpc) is 2.34. The largest absolute Gasteiger partial charge is 0.330 e. The van der Waals surface area contributed by atoms with E-state index in [1.165, 1.54) is 18.4 Å². The number of rotatable bonds is 4. The summed E-state index contributed by atoms with van der Waals surface area (Å²) in [6.07, 6.45) is 1.09. The maximum absolute atomic E-state index is 12.6. The zero-order valence-electron chi connectivity index (χ0n) is 11.7. The Morgan fingerprint density at radius 3 is 2.40 bits per heavy atom. The van der Waals surface area contributed by atoms with Gasteiger partial charge in [0.1, 0.15) is 0 Å². The van der Waals surface area contributed by atoms with Crippen molar-refractivity contribution in [2.24, 2.45) is 14.1 Å². The van der Waals surface area contributed by atoms with Crippen molar-refractivity contribution in [2.45, 2.75) is 17.9 Å². The molecule has 0 aliphatic carbocycles. The van der Waals surface area contributed by atoms with Crippen LogP contribution in [0.3, 0.4) is 0 Å². The molecule has 0 bridgehead atoms. The minimum atomic E-state index is -3.90. The van der Waals surface area contributed by atoms with Crippen molar-refractivity contribution in [3.8, 4) is 0 Å². The molecule has 0 amide bonds. The van der Waals surface area contributed by atoms with Gasteiger partial charge in [-0.2, -0.15) is 4.31 Å². The van der Waals surface area contributed by atoms with Gasteiger partial charge in [-0.3, -0.25) is 9.36 Å². The summed E-state index contributed by atoms with van der Waals surface area (Å²) < 4.78 is 28.4. The Balaban J connectivity index is 2.60. The van der Waals surface area contributed by atoms with Crippen molar-refractivity contribution in [2.75, 3.05) is 19.6 Å². The minimum absolute atomic E-state index is 0.146. The van der Waals surface area contributed by atoms with Gasteiger partial charge in [-0.05, 0) is 0 Å². The van der Waals surface area contributed by atoms with Gasteiger partial charge in [0.05, 0.1) is 6.04 Å². The van der Waals surface area contributed by atoms with Crippen LogP contribution in [0.2, 0.25) is 0 Å². The van der Waals surface area contributed by atoms with Gasteiger partial charge in [-0.25, -0.2) is 13.2 Å². The number of aromatic nitrogens is 2. The van der Waals surface area contributed by atoms with Crippen LogP contribution in [0.25, 0.3) is 0 Å². The molecule has 0 radical (unpaired) electrons. The molecule has 1 aromatic heterocycles. The van der Waals surface area contributed by atoms with Gasteiger partial charge >= 0.3 is 5.69 Å². The summed E-state index contributed by atoms with van der Waals surface area (Å²) in [5, 5.41) is 3.00. The maximum atomic E-state index is 12.6. The first-order valence-electron chi connectivity index (χ1n) is 6.30. The Bertz CT molecular complexity index is 730. The van der Waals surface area contributed by atoms with Crippen LogP contribution >= 0.6 is 0 Å². The first-order valence-corrected chi connectivity index (χ1v) is 7.74. The van der Waals surface area contributed by atoms with Crippen LogP contribution in [-0.4, -0.2) is 47.5 Å². The Morgan fingerprint density at radius 1 is 1.35 bits per heavy atom. The Kier molecular flexibility index (Phi) is 3.85. The zero-order chi connectivity index (χ0) is 15.1. The lowest BCUT2D eigenvalue weighted by Crippen LogP contribution is -2.59. The molecule has 1 saturated heterocycles. The van der Waals surface area contributed by atoms with E-state index >= 15 is 0 Å². The van der Waals surface area contributed by atoms with Crippen LogP contribution in [0.1, 0.15) is 6.92 Å². The molecule has 20 heavy (non-hydrogen) atoms. The van der Waals surface area contributed by atoms with Crippen molar-refractivity contribution in [3.05, 3.63) is 27.0 Å². The van der Waals surface area contributed by atoms with E-state index in [0.29, 0.717) is 13.1 Å². The van der Waals surface area contributed by atoms with Crippen LogP contribution in [0.15, 0.2) is 20.7 Å². The summed E-state index contributed by atoms with van der Waals surface area (Å²) >= 11 is 0. The quantitative estimate of drug-likeness (QED) is 0.699. The summed E-state index contributed by atoms with van der Waals surface area (Å²) in [5.41, 5.74) is -1.35. The lowest BCUT2D eigenvalue weighted by molar-refractivity contribution is 0.249. The lowest BCUT2D eigenvalue weighted by atomic mass is 10.2. The summed E-state index contributed by atoms with van der Waals surface area (Å²) in [5.74, 6) is 0. The van der Waals surface area contributed by atoms with Crippen molar-refractivity contribution in [1.29, 1.82) is 0 Å². The minimum Gasteiger partial charge on any atom is -0.313 e. The Hall–Kier alpha value is -1.45. The molecule has 2 rings (SSSR count). The predicted molar refractivity (Wildman–Crippen MR) is 73.1 cm³/mol. The van der Waals surface area contributed by atoms with Gasteiger partial charge < -0.3 is 9.88 Å². The number of aryl methyl sites for hydroxylation is 1. The lowest BCUT2D eigenvalue weighted by Gasteiger charge is -2.36. The molecular weight excluding hydrogens is 284 g/mol. The van der Waals surface area contributed by atoms with Crippen molar-refractivity contribution in [1.82, 2.24) is 18.8 Å². The fraction of sp³-hybridized carbons (Fsp3) is 0.636. The van der Waals surface area contributed by atoms with Gasteiger partial charge in [-0.1, -0.05) is 6.92 Å². The van der Waals surface area contributed by atoms with E-state index in [0.717, 1.165) is 15.3 Å². The second kappa shape index (κ2) is 5.15. The molecule has 0 unspecified atom stereocenters. The summed E-state index contributed by atoms with van der Waals surface area (Å²) in [4.78, 5) is 23.3. The molecule has 2 heterocycles. The highest BCUT2D eigenvalue weighted by Gasteiger charge is 2.35. The number of hydrogen-bond acceptors (Lipinski definition) is 5. The number of nitrogens with one attached hydrogen (secondary N) is 1. The average molecular weight is 302 g/mol. The van der Waals surface area contributed by atoms with Crippen molar-refractivity contribution >= 4 is 10.0 Å². The molecule has 1 aliphatic rings. The molecule has 1 aromatic rings. The number of nitrogens with zero attached hydrogens (tertiary/aromatic N) is 3. The number of hydrogen-bond donors (Lipinski definition) is 1. The third kappa shape index (κ3) is 2.21. The number of likely N-dealkylation sites (N-methyl/N-ethyl adjacent to an activating group) is 1. The molecule has 0 aromatic carbocycles. The standard InChI is InChI=1S/C11H18N4O4S/c1-4-15(8-5-12-6-8)20(18,19)9-7-13(2)11(17)14(3)10(9)16/h7-8,12H,4-6H2,1-3H3. The fourth-order valence-electron chi connectivity index (χ4n) is 2.18. The van der Waals surface area contributed by atoms with Crippen LogP contribution in [0.5, 0.6) is 0 Å². The summed E-state index contributed by atoms with van der Waals surface area (Å²) in [6, 6.07) is -0.146. The summed E-state index contributed by atoms with van der Waals surface area (Å²) in [7, 11) is -1.22. The molecule has 0 saturated carbocycles. The fourth-order valence-corrected chi connectivity index (χ4v) is 3.96. The van der Waals surface area contributed by atoms with Crippen molar-refractivity contribution < 1.29 is 8.42 Å². The molecule has 1 aliphatic heterocycles. The predicted octanol–water partition coefficient (Wildman–Crippen LogP) is -1.93. The van der Waals surface area contributed by atoms with Crippen LogP contribution in [0, 0.1) is 0 Å². The molecular formula is C11H18N4O4S. The Labute approximate surface area is 116 Å². The highest BCUT2D eigenvalue weighted by Crippen LogP contribution is 2.16. The second-order valence-corrected chi connectivity index (χ2v) is 6.63. The van der Waals surface area contributed by atoms with Gasteiger partial charge in [0.15, 0.2) is 4.90 Å². The molecule has 8 nitrogen and oxygen atoms in total. The van der Waals surface area contributed by atoms with Gasteiger partial charge in [0, 0.05) is 39.9 Å². The molecule has 1 N–H and O–H groups in total. The van der Waals surface area contributed by atoms with E-state index < -0.39 is 21.3 Å². The van der Waals surface area contributed by atoms with E-state index in [1.54, 1.807) is 6.92 Å². The van der Waals surface area contributed by atoms with E-state index in [1.807, 2.05) is 0 Å². The normalized spacial score (nSPS) is 16.4. The summed E-state index contributed by atoms with van der Waals surface area (Å²) in [6.45, 7) is 3.14. The Morgan fingerprint density at radius 2 is 1.95 bits per heavy atom. The maximum Gasteiger partial charge on any atom is 0.330 e. The molecule has 0 spiro atoms. The topological polar surface area (TPSA) is 93.4 Å². The monoisotopic (exact) mass is 302 g/mol. The van der Waals surface area contributed by atoms with Crippen molar-refractivity contribution in [3.63, 3.8) is 0 Å². The highest BCUT2D eigenvalue weighted by molar-refractivity contribution is 7.89. The molecule has 9 heteroatoms. The zero-order valence-corrected chi connectivity index (χ0v) is 12.5. The third-order valence-corrected chi connectivity index (χ3v) is 5.49. The molecule has 0 atom stereocenters. The SMILES string of the molecule is CCN(C1CNC1)S(=O)(=O)c1cn(C)c(=O)n(C)c1=O. The van der Waals surface area contributed by atoms with Gasteiger partial charge in [0.25, 0.3) is 5.56 Å². The van der Waals surface area contributed by atoms with E-state index in [9.17, 15) is 18.0 Å². The molecule has 112 valence electrons. The highest BCUT2D eigenvalue weighted by atomic mass is 32.2. The van der Waals surface area contributed by atoms with Crippen LogP contribution < -0.4 is 16.6 Å². The smallest absolute Gasteiger partial charge is 0.313 e. The van der Waals surface area contributed by atoms with Crippen LogP contribution in [-0.2, 0) is 24.1 Å². The van der Waals surface area contributed by atoms with Gasteiger partial charge in [-0.15, -0.1) is 0 Å². The molecule has 1 fully saturated rings. The van der Waals surface area contributed by atoms with E-state index in [2.05, 4.69) is 5.32 Å².